The zero-order valence-electron chi connectivity index (χ0n) is 8.42. The van der Waals surface area contributed by atoms with E-state index in [9.17, 15) is 0 Å². The molecule has 0 saturated heterocycles. The van der Waals surface area contributed by atoms with Crippen LogP contribution in [0.25, 0.3) is 10.9 Å². The number of benzene rings is 1. The SMILES string of the molecule is CC(C)C(Cl)c1c[nH]c2ccccc12. The maximum absolute atomic E-state index is 6.34. The fourth-order valence-corrected chi connectivity index (χ4v) is 1.86. The fraction of sp³-hybridized carbons (Fsp3) is 0.333. The van der Waals surface area contributed by atoms with Crippen LogP contribution in [-0.2, 0) is 0 Å². The van der Waals surface area contributed by atoms with Crippen LogP contribution in [0.3, 0.4) is 0 Å². The molecule has 14 heavy (non-hydrogen) atoms. The molecule has 0 bridgehead atoms. The molecule has 1 nitrogen and oxygen atoms in total. The van der Waals surface area contributed by atoms with Crippen molar-refractivity contribution in [3.63, 3.8) is 0 Å². The first kappa shape index (κ1) is 9.60. The average molecular weight is 208 g/mol. The Morgan fingerprint density at radius 3 is 2.64 bits per heavy atom. The van der Waals surface area contributed by atoms with Crippen LogP contribution in [0, 0.1) is 5.92 Å². The first-order valence-corrected chi connectivity index (χ1v) is 5.34. The lowest BCUT2D eigenvalue weighted by Gasteiger charge is -2.11. The summed E-state index contributed by atoms with van der Waals surface area (Å²) >= 11 is 6.34. The van der Waals surface area contributed by atoms with Crippen molar-refractivity contribution in [2.24, 2.45) is 5.92 Å². The maximum atomic E-state index is 6.34. The van der Waals surface area contributed by atoms with Gasteiger partial charge in [0, 0.05) is 17.1 Å². The average Bonchev–Trinajstić information content (AvgIpc) is 2.60. The van der Waals surface area contributed by atoms with Gasteiger partial charge in [-0.05, 0) is 17.5 Å². The van der Waals surface area contributed by atoms with Crippen molar-refractivity contribution in [3.8, 4) is 0 Å². The molecule has 0 fully saturated rings. The number of fused-ring (bicyclic) bond motifs is 1. The quantitative estimate of drug-likeness (QED) is 0.714. The molecule has 2 rings (SSSR count). The molecule has 2 heteroatoms. The van der Waals surface area contributed by atoms with Crippen LogP contribution < -0.4 is 0 Å². The Balaban J connectivity index is 2.53. The molecule has 1 atom stereocenters. The Hall–Kier alpha value is -0.950. The number of hydrogen-bond acceptors (Lipinski definition) is 0. The van der Waals surface area contributed by atoms with Crippen LogP contribution in [0.2, 0.25) is 0 Å². The van der Waals surface area contributed by atoms with Crippen molar-refractivity contribution in [1.82, 2.24) is 4.98 Å². The van der Waals surface area contributed by atoms with E-state index in [1.54, 1.807) is 0 Å². The molecule has 0 amide bonds. The van der Waals surface area contributed by atoms with E-state index in [2.05, 4.69) is 31.0 Å². The van der Waals surface area contributed by atoms with Crippen LogP contribution in [0.15, 0.2) is 30.5 Å². The third-order valence-electron chi connectivity index (χ3n) is 2.50. The van der Waals surface area contributed by atoms with E-state index in [1.165, 1.54) is 10.9 Å². The smallest absolute Gasteiger partial charge is 0.0629 e. The zero-order valence-corrected chi connectivity index (χ0v) is 9.18. The Kier molecular flexibility index (Phi) is 2.51. The minimum absolute atomic E-state index is 0.0890. The van der Waals surface area contributed by atoms with Crippen molar-refractivity contribution in [3.05, 3.63) is 36.0 Å². The molecule has 1 unspecified atom stereocenters. The summed E-state index contributed by atoms with van der Waals surface area (Å²) in [7, 11) is 0. The molecule has 0 spiro atoms. The molecule has 0 aliphatic heterocycles. The van der Waals surface area contributed by atoms with E-state index in [4.69, 9.17) is 11.6 Å². The Morgan fingerprint density at radius 2 is 1.93 bits per heavy atom. The molecule has 0 aliphatic carbocycles. The number of hydrogen-bond donors (Lipinski definition) is 1. The summed E-state index contributed by atoms with van der Waals surface area (Å²) in [6.45, 7) is 4.28. The molecule has 0 saturated carbocycles. The highest BCUT2D eigenvalue weighted by Gasteiger charge is 2.15. The largest absolute Gasteiger partial charge is 0.361 e. The molecule has 1 heterocycles. The summed E-state index contributed by atoms with van der Waals surface area (Å²) in [5.41, 5.74) is 2.37. The zero-order chi connectivity index (χ0) is 10.1. The number of H-pyrrole nitrogens is 1. The molecule has 0 radical (unpaired) electrons. The van der Waals surface area contributed by atoms with Gasteiger partial charge in [-0.1, -0.05) is 32.0 Å². The third kappa shape index (κ3) is 1.53. The monoisotopic (exact) mass is 207 g/mol. The van der Waals surface area contributed by atoms with Crippen LogP contribution in [0.1, 0.15) is 24.8 Å². The van der Waals surface area contributed by atoms with Gasteiger partial charge in [-0.25, -0.2) is 0 Å². The minimum atomic E-state index is 0.0890. The lowest BCUT2D eigenvalue weighted by molar-refractivity contribution is 0.627. The van der Waals surface area contributed by atoms with E-state index in [0.717, 1.165) is 5.52 Å². The van der Waals surface area contributed by atoms with Gasteiger partial charge >= 0.3 is 0 Å². The lowest BCUT2D eigenvalue weighted by atomic mass is 10.0. The van der Waals surface area contributed by atoms with Gasteiger partial charge in [0.25, 0.3) is 0 Å². The highest BCUT2D eigenvalue weighted by molar-refractivity contribution is 6.22. The van der Waals surface area contributed by atoms with Gasteiger partial charge in [0.05, 0.1) is 5.38 Å². The second kappa shape index (κ2) is 3.66. The molecule has 2 aromatic rings. The highest BCUT2D eigenvalue weighted by atomic mass is 35.5. The second-order valence-corrected chi connectivity index (χ2v) is 4.41. The minimum Gasteiger partial charge on any atom is -0.361 e. The van der Waals surface area contributed by atoms with Crippen LogP contribution in [0.4, 0.5) is 0 Å². The standard InChI is InChI=1S/C12H14ClN/c1-8(2)12(13)10-7-14-11-6-4-3-5-9(10)11/h3-8,12,14H,1-2H3. The predicted molar refractivity (Wildman–Crippen MR) is 61.7 cm³/mol. The number of alkyl halides is 1. The highest BCUT2D eigenvalue weighted by Crippen LogP contribution is 2.33. The Morgan fingerprint density at radius 1 is 1.21 bits per heavy atom. The predicted octanol–water partition coefficient (Wildman–Crippen LogP) is 4.10. The van der Waals surface area contributed by atoms with Gasteiger partial charge < -0.3 is 4.98 Å². The number of nitrogens with one attached hydrogen (secondary N) is 1. The summed E-state index contributed by atoms with van der Waals surface area (Å²) in [6, 6.07) is 8.26. The molecule has 1 aromatic carbocycles. The van der Waals surface area contributed by atoms with Crippen LogP contribution >= 0.6 is 11.6 Å². The summed E-state index contributed by atoms with van der Waals surface area (Å²) in [4.78, 5) is 3.24. The topological polar surface area (TPSA) is 15.8 Å². The number of halogens is 1. The lowest BCUT2D eigenvalue weighted by Crippen LogP contribution is -1.97. The Bertz CT molecular complexity index is 431. The second-order valence-electron chi connectivity index (χ2n) is 3.94. The van der Waals surface area contributed by atoms with E-state index in [-0.39, 0.29) is 5.38 Å². The molecule has 1 aromatic heterocycles. The van der Waals surface area contributed by atoms with E-state index in [0.29, 0.717) is 5.92 Å². The van der Waals surface area contributed by atoms with Gasteiger partial charge in [0.15, 0.2) is 0 Å². The first-order chi connectivity index (χ1) is 6.70. The number of aromatic amines is 1. The van der Waals surface area contributed by atoms with Crippen molar-refractivity contribution in [2.75, 3.05) is 0 Å². The van der Waals surface area contributed by atoms with Crippen molar-refractivity contribution in [2.45, 2.75) is 19.2 Å². The van der Waals surface area contributed by atoms with Gasteiger partial charge in [0.1, 0.15) is 0 Å². The third-order valence-corrected chi connectivity index (χ3v) is 3.24. The maximum Gasteiger partial charge on any atom is 0.0629 e. The van der Waals surface area contributed by atoms with Gasteiger partial charge in [-0.2, -0.15) is 0 Å². The Labute approximate surface area is 89.1 Å². The van der Waals surface area contributed by atoms with Gasteiger partial charge in [-0.3, -0.25) is 0 Å². The van der Waals surface area contributed by atoms with Crippen LogP contribution in [-0.4, -0.2) is 4.98 Å². The molecule has 0 aliphatic rings. The number of para-hydroxylation sites is 1. The molecular weight excluding hydrogens is 194 g/mol. The van der Waals surface area contributed by atoms with Crippen molar-refractivity contribution in [1.29, 1.82) is 0 Å². The van der Waals surface area contributed by atoms with E-state index >= 15 is 0 Å². The van der Waals surface area contributed by atoms with Gasteiger partial charge in [0.2, 0.25) is 0 Å². The van der Waals surface area contributed by atoms with Crippen molar-refractivity contribution < 1.29 is 0 Å². The van der Waals surface area contributed by atoms with Crippen LogP contribution in [0.5, 0.6) is 0 Å². The molecule has 74 valence electrons. The van der Waals surface area contributed by atoms with E-state index < -0.39 is 0 Å². The number of rotatable bonds is 2. The van der Waals surface area contributed by atoms with E-state index in [1.807, 2.05) is 18.3 Å². The van der Waals surface area contributed by atoms with Gasteiger partial charge in [-0.15, -0.1) is 11.6 Å². The molecular formula is C12H14ClN. The summed E-state index contributed by atoms with van der Waals surface area (Å²) < 4.78 is 0. The molecule has 1 N–H and O–H groups in total. The van der Waals surface area contributed by atoms with Crippen molar-refractivity contribution >= 4 is 22.5 Å². The summed E-state index contributed by atoms with van der Waals surface area (Å²) in [5, 5.41) is 1.33. The summed E-state index contributed by atoms with van der Waals surface area (Å²) in [6.07, 6.45) is 2.02. The number of aromatic nitrogens is 1. The first-order valence-electron chi connectivity index (χ1n) is 4.90. The summed E-state index contributed by atoms with van der Waals surface area (Å²) in [5.74, 6) is 0.455. The fourth-order valence-electron chi connectivity index (χ4n) is 1.68. The normalized spacial score (nSPS) is 13.7.